The number of carbonyl (C=O) groups is 2. The molecule has 1 aromatic rings. The topological polar surface area (TPSA) is 94.1 Å². The van der Waals surface area contributed by atoms with Crippen LogP contribution < -0.4 is 10.1 Å². The predicted molar refractivity (Wildman–Crippen MR) is 95.4 cm³/mol. The second kappa shape index (κ2) is 10.8. The zero-order valence-electron chi connectivity index (χ0n) is 15.1. The first kappa shape index (κ1) is 20.2. The number of rotatable bonds is 10. The third kappa shape index (κ3) is 6.00. The molecule has 0 spiro atoms. The molecule has 0 bridgehead atoms. The Morgan fingerprint density at radius 2 is 2.00 bits per heavy atom. The summed E-state index contributed by atoms with van der Waals surface area (Å²) in [6.45, 7) is 4.52. The molecule has 7 nitrogen and oxygen atoms in total. The van der Waals surface area contributed by atoms with Crippen LogP contribution in [0.25, 0.3) is 0 Å². The normalized spacial score (nSPS) is 16.0. The van der Waals surface area contributed by atoms with Crippen LogP contribution in [0.4, 0.5) is 0 Å². The summed E-state index contributed by atoms with van der Waals surface area (Å²) in [5.74, 6) is -1.37. The maximum atomic E-state index is 12.5. The van der Waals surface area contributed by atoms with Gasteiger partial charge >= 0.3 is 5.97 Å². The molecular weight excluding hydrogens is 338 g/mol. The number of carboxylic acid groups (broad SMARTS) is 1. The van der Waals surface area contributed by atoms with Crippen molar-refractivity contribution in [2.45, 2.75) is 19.8 Å². The van der Waals surface area contributed by atoms with Gasteiger partial charge in [0.05, 0.1) is 18.1 Å². The molecule has 1 aliphatic rings. The SMILES string of the molecule is CCOCCOc1ccccc1C(=O)NCC(C(=O)O)C1CCOCC1. The van der Waals surface area contributed by atoms with Gasteiger partial charge in [-0.1, -0.05) is 12.1 Å². The van der Waals surface area contributed by atoms with E-state index < -0.39 is 11.9 Å². The summed E-state index contributed by atoms with van der Waals surface area (Å²) in [6, 6.07) is 6.91. The fraction of sp³-hybridized carbons (Fsp3) is 0.579. The van der Waals surface area contributed by atoms with Crippen molar-refractivity contribution in [3.8, 4) is 5.75 Å². The standard InChI is InChI=1S/C19H27NO6/c1-2-24-11-12-26-17-6-4-3-5-15(17)18(21)20-13-16(19(22)23)14-7-9-25-10-8-14/h3-6,14,16H,2,7-13H2,1H3,(H,20,21)(H,22,23). The molecule has 1 amide bonds. The first-order chi connectivity index (χ1) is 12.6. The second-order valence-corrected chi connectivity index (χ2v) is 6.15. The summed E-state index contributed by atoms with van der Waals surface area (Å²) in [5.41, 5.74) is 0.389. The van der Waals surface area contributed by atoms with E-state index in [1.54, 1.807) is 24.3 Å². The highest BCUT2D eigenvalue weighted by atomic mass is 16.5. The van der Waals surface area contributed by atoms with Gasteiger partial charge in [-0.05, 0) is 37.8 Å². The number of hydrogen-bond donors (Lipinski definition) is 2. The lowest BCUT2D eigenvalue weighted by Crippen LogP contribution is -2.39. The fourth-order valence-corrected chi connectivity index (χ4v) is 3.01. The molecular formula is C19H27NO6. The first-order valence-electron chi connectivity index (χ1n) is 9.01. The molecule has 0 saturated carbocycles. The number of ether oxygens (including phenoxy) is 3. The fourth-order valence-electron chi connectivity index (χ4n) is 3.01. The molecule has 1 aliphatic heterocycles. The number of para-hydroxylation sites is 1. The Kier molecular flexibility index (Phi) is 8.37. The molecule has 2 N–H and O–H groups in total. The van der Waals surface area contributed by atoms with Crippen LogP contribution in [-0.4, -0.2) is 56.6 Å². The van der Waals surface area contributed by atoms with Crippen LogP contribution in [0.1, 0.15) is 30.1 Å². The maximum absolute atomic E-state index is 12.5. The Labute approximate surface area is 153 Å². The van der Waals surface area contributed by atoms with E-state index in [0.717, 1.165) is 0 Å². The maximum Gasteiger partial charge on any atom is 0.308 e. The van der Waals surface area contributed by atoms with Crippen molar-refractivity contribution in [3.63, 3.8) is 0 Å². The van der Waals surface area contributed by atoms with Crippen LogP contribution in [-0.2, 0) is 14.3 Å². The Morgan fingerprint density at radius 1 is 1.27 bits per heavy atom. The van der Waals surface area contributed by atoms with E-state index in [0.29, 0.717) is 57.2 Å². The van der Waals surface area contributed by atoms with E-state index in [4.69, 9.17) is 14.2 Å². The molecule has 2 rings (SSSR count). The molecule has 1 fully saturated rings. The summed E-state index contributed by atoms with van der Waals surface area (Å²) < 4.78 is 16.1. The smallest absolute Gasteiger partial charge is 0.308 e. The van der Waals surface area contributed by atoms with Gasteiger partial charge in [-0.15, -0.1) is 0 Å². The van der Waals surface area contributed by atoms with Crippen LogP contribution in [0.5, 0.6) is 5.75 Å². The van der Waals surface area contributed by atoms with Crippen molar-refractivity contribution < 1.29 is 28.9 Å². The number of carboxylic acids is 1. The molecule has 144 valence electrons. The van der Waals surface area contributed by atoms with Crippen molar-refractivity contribution in [1.82, 2.24) is 5.32 Å². The third-order valence-electron chi connectivity index (χ3n) is 4.46. The summed E-state index contributed by atoms with van der Waals surface area (Å²) in [7, 11) is 0. The number of nitrogens with one attached hydrogen (secondary N) is 1. The molecule has 1 atom stereocenters. The van der Waals surface area contributed by atoms with Gasteiger partial charge in [0, 0.05) is 26.4 Å². The largest absolute Gasteiger partial charge is 0.490 e. The van der Waals surface area contributed by atoms with Gasteiger partial charge in [-0.2, -0.15) is 0 Å². The minimum Gasteiger partial charge on any atom is -0.490 e. The first-order valence-corrected chi connectivity index (χ1v) is 9.01. The lowest BCUT2D eigenvalue weighted by molar-refractivity contribution is -0.144. The van der Waals surface area contributed by atoms with E-state index in [-0.39, 0.29) is 18.4 Å². The van der Waals surface area contributed by atoms with Crippen molar-refractivity contribution in [1.29, 1.82) is 0 Å². The van der Waals surface area contributed by atoms with Gasteiger partial charge in [0.1, 0.15) is 12.4 Å². The number of aliphatic carboxylic acids is 1. The van der Waals surface area contributed by atoms with Crippen molar-refractivity contribution in [2.24, 2.45) is 11.8 Å². The highest BCUT2D eigenvalue weighted by Crippen LogP contribution is 2.24. The Balaban J connectivity index is 1.94. The number of hydrogen-bond acceptors (Lipinski definition) is 5. The summed E-state index contributed by atoms with van der Waals surface area (Å²) in [6.07, 6.45) is 1.40. The lowest BCUT2D eigenvalue weighted by atomic mass is 9.86. The van der Waals surface area contributed by atoms with Crippen molar-refractivity contribution in [3.05, 3.63) is 29.8 Å². The van der Waals surface area contributed by atoms with Crippen molar-refractivity contribution >= 4 is 11.9 Å². The molecule has 0 aliphatic carbocycles. The second-order valence-electron chi connectivity index (χ2n) is 6.15. The van der Waals surface area contributed by atoms with Crippen LogP contribution in [0, 0.1) is 11.8 Å². The predicted octanol–water partition coefficient (Wildman–Crippen LogP) is 1.96. The minimum atomic E-state index is -0.890. The highest BCUT2D eigenvalue weighted by Gasteiger charge is 2.30. The number of benzene rings is 1. The van der Waals surface area contributed by atoms with E-state index in [9.17, 15) is 14.7 Å². The lowest BCUT2D eigenvalue weighted by Gasteiger charge is -2.27. The van der Waals surface area contributed by atoms with Crippen LogP contribution in [0.15, 0.2) is 24.3 Å². The molecule has 0 radical (unpaired) electrons. The van der Waals surface area contributed by atoms with E-state index in [1.807, 2.05) is 6.92 Å². The average molecular weight is 365 g/mol. The Hall–Kier alpha value is -2.12. The van der Waals surface area contributed by atoms with Gasteiger partial charge < -0.3 is 24.6 Å². The quantitative estimate of drug-likeness (QED) is 0.616. The van der Waals surface area contributed by atoms with Gasteiger partial charge in [0.2, 0.25) is 0 Å². The van der Waals surface area contributed by atoms with Crippen molar-refractivity contribution in [2.75, 3.05) is 39.6 Å². The van der Waals surface area contributed by atoms with Gasteiger partial charge in [0.25, 0.3) is 5.91 Å². The van der Waals surface area contributed by atoms with E-state index >= 15 is 0 Å². The molecule has 7 heteroatoms. The molecule has 0 aromatic heterocycles. The van der Waals surface area contributed by atoms with E-state index in [2.05, 4.69) is 5.32 Å². The van der Waals surface area contributed by atoms with Gasteiger partial charge in [-0.25, -0.2) is 0 Å². The minimum absolute atomic E-state index is 0.0132. The Bertz CT molecular complexity index is 585. The number of carbonyl (C=O) groups excluding carboxylic acids is 1. The molecule has 1 unspecified atom stereocenters. The average Bonchev–Trinajstić information content (AvgIpc) is 2.66. The monoisotopic (exact) mass is 365 g/mol. The van der Waals surface area contributed by atoms with Crippen LogP contribution in [0.2, 0.25) is 0 Å². The van der Waals surface area contributed by atoms with Crippen LogP contribution in [0.3, 0.4) is 0 Å². The molecule has 26 heavy (non-hydrogen) atoms. The van der Waals surface area contributed by atoms with Gasteiger partial charge in [-0.3, -0.25) is 9.59 Å². The third-order valence-corrected chi connectivity index (χ3v) is 4.46. The zero-order valence-corrected chi connectivity index (χ0v) is 15.1. The molecule has 1 aromatic carbocycles. The van der Waals surface area contributed by atoms with Crippen LogP contribution >= 0.6 is 0 Å². The summed E-state index contributed by atoms with van der Waals surface area (Å²) in [4.78, 5) is 24.1. The summed E-state index contributed by atoms with van der Waals surface area (Å²) >= 11 is 0. The molecule has 1 heterocycles. The van der Waals surface area contributed by atoms with Gasteiger partial charge in [0.15, 0.2) is 0 Å². The molecule has 1 saturated heterocycles. The van der Waals surface area contributed by atoms with E-state index in [1.165, 1.54) is 0 Å². The summed E-state index contributed by atoms with van der Waals surface area (Å²) in [5, 5.41) is 12.2. The number of amides is 1. The zero-order chi connectivity index (χ0) is 18.8. The Morgan fingerprint density at radius 3 is 2.69 bits per heavy atom. The highest BCUT2D eigenvalue weighted by molar-refractivity contribution is 5.97.